The van der Waals surface area contributed by atoms with E-state index < -0.39 is 48.6 Å². The minimum absolute atomic E-state index is 0.420. The summed E-state index contributed by atoms with van der Waals surface area (Å²) in [5.74, 6) is -3.18. The Hall–Kier alpha value is -2.65. The second-order valence-electron chi connectivity index (χ2n) is 3.90. The van der Waals surface area contributed by atoms with Crippen LogP contribution in [0.3, 0.4) is 0 Å². The predicted octanol–water partition coefficient (Wildman–Crippen LogP) is 1.37. The van der Waals surface area contributed by atoms with Crippen LogP contribution in [0.2, 0.25) is 0 Å². The van der Waals surface area contributed by atoms with Gasteiger partial charge in [0.2, 0.25) is 0 Å². The Morgan fingerprint density at radius 3 is 2.36 bits per heavy atom. The van der Waals surface area contributed by atoms with Gasteiger partial charge in [0.05, 0.1) is 5.56 Å². The molecule has 0 saturated heterocycles. The van der Waals surface area contributed by atoms with E-state index in [-0.39, 0.29) is 0 Å². The number of urea groups is 1. The first kappa shape index (κ1) is 17.4. The summed E-state index contributed by atoms with van der Waals surface area (Å²) in [5.41, 5.74) is -0.420. The molecule has 1 aromatic rings. The molecule has 0 aliphatic carbocycles. The zero-order chi connectivity index (χ0) is 16.8. The molecule has 2 N–H and O–H groups in total. The molecule has 3 amide bonds. The number of carbonyl (C=O) groups excluding carboxylic acids is 3. The molecule has 0 atom stereocenters. The largest absolute Gasteiger partial charge is 0.452 e. The number of halogens is 4. The lowest BCUT2D eigenvalue weighted by molar-refractivity contribution is -0.125. The number of ether oxygens (including phenoxy) is 1. The molecule has 0 bridgehead atoms. The first-order valence-corrected chi connectivity index (χ1v) is 5.75. The fraction of sp³-hybridized carbons (Fsp3) is 0.250. The standard InChI is InChI=1S/C12H10F4N2O4/c13-8-4-2-1-3-7(8)10(20)22-5-9(19)18-11(21)17-6-12(14,15)16/h1-4H,5-6H2,(H2,17,18,19,21). The van der Waals surface area contributed by atoms with Crippen LogP contribution in [0, 0.1) is 5.82 Å². The number of esters is 1. The Balaban J connectivity index is 2.39. The Bertz CT molecular complexity index is 574. The zero-order valence-electron chi connectivity index (χ0n) is 10.9. The number of nitrogens with one attached hydrogen (secondary N) is 2. The van der Waals surface area contributed by atoms with Gasteiger partial charge in [0.1, 0.15) is 12.4 Å². The van der Waals surface area contributed by atoms with Crippen LogP contribution in [0.25, 0.3) is 0 Å². The van der Waals surface area contributed by atoms with Crippen LogP contribution in [-0.2, 0) is 9.53 Å². The van der Waals surface area contributed by atoms with Crippen LogP contribution in [0.5, 0.6) is 0 Å². The maximum Gasteiger partial charge on any atom is 0.405 e. The van der Waals surface area contributed by atoms with Crippen molar-refractivity contribution >= 4 is 17.9 Å². The summed E-state index contributed by atoms with van der Waals surface area (Å²) in [6.45, 7) is -2.58. The van der Waals surface area contributed by atoms with Gasteiger partial charge in [-0.25, -0.2) is 14.0 Å². The molecular formula is C12H10F4N2O4. The number of amides is 3. The maximum atomic E-state index is 13.2. The molecule has 1 rings (SSSR count). The Kier molecular flexibility index (Phi) is 5.84. The predicted molar refractivity (Wildman–Crippen MR) is 64.3 cm³/mol. The molecule has 120 valence electrons. The summed E-state index contributed by atoms with van der Waals surface area (Å²) in [6, 6.07) is 3.42. The average Bonchev–Trinajstić information content (AvgIpc) is 2.42. The third kappa shape index (κ3) is 6.20. The monoisotopic (exact) mass is 322 g/mol. The van der Waals surface area contributed by atoms with Crippen molar-refractivity contribution in [3.8, 4) is 0 Å². The van der Waals surface area contributed by atoms with Gasteiger partial charge in [-0.15, -0.1) is 0 Å². The molecule has 0 fully saturated rings. The van der Waals surface area contributed by atoms with Gasteiger partial charge in [0, 0.05) is 0 Å². The topological polar surface area (TPSA) is 84.5 Å². The van der Waals surface area contributed by atoms with Crippen LogP contribution >= 0.6 is 0 Å². The van der Waals surface area contributed by atoms with Gasteiger partial charge in [-0.1, -0.05) is 12.1 Å². The Labute approximate surface area is 121 Å². The van der Waals surface area contributed by atoms with E-state index in [2.05, 4.69) is 4.74 Å². The molecule has 0 radical (unpaired) electrons. The van der Waals surface area contributed by atoms with Gasteiger partial charge < -0.3 is 10.1 Å². The number of benzene rings is 1. The van der Waals surface area contributed by atoms with E-state index in [1.54, 1.807) is 0 Å². The van der Waals surface area contributed by atoms with Crippen molar-refractivity contribution in [1.82, 2.24) is 10.6 Å². The Morgan fingerprint density at radius 1 is 1.14 bits per heavy atom. The van der Waals surface area contributed by atoms with Crippen molar-refractivity contribution in [3.05, 3.63) is 35.6 Å². The summed E-state index contributed by atoms with van der Waals surface area (Å²) in [6.07, 6.45) is -4.63. The molecule has 10 heteroatoms. The van der Waals surface area contributed by atoms with Crippen molar-refractivity contribution in [2.24, 2.45) is 0 Å². The van der Waals surface area contributed by atoms with E-state index in [9.17, 15) is 31.9 Å². The highest BCUT2D eigenvalue weighted by Crippen LogP contribution is 2.11. The molecular weight excluding hydrogens is 312 g/mol. The highest BCUT2D eigenvalue weighted by molar-refractivity contribution is 5.97. The highest BCUT2D eigenvalue weighted by atomic mass is 19.4. The van der Waals surface area contributed by atoms with Gasteiger partial charge in [0.15, 0.2) is 6.61 Å². The number of alkyl halides is 3. The summed E-state index contributed by atoms with van der Waals surface area (Å²) in [4.78, 5) is 33.5. The summed E-state index contributed by atoms with van der Waals surface area (Å²) in [5, 5.41) is 2.90. The number of carbonyl (C=O) groups is 3. The number of rotatable bonds is 4. The third-order valence-corrected chi connectivity index (χ3v) is 2.13. The summed E-state index contributed by atoms with van der Waals surface area (Å²) >= 11 is 0. The minimum Gasteiger partial charge on any atom is -0.452 e. The van der Waals surface area contributed by atoms with Gasteiger partial charge in [-0.05, 0) is 12.1 Å². The molecule has 0 unspecified atom stereocenters. The lowest BCUT2D eigenvalue weighted by atomic mass is 10.2. The lowest BCUT2D eigenvalue weighted by Gasteiger charge is -2.09. The van der Waals surface area contributed by atoms with E-state index in [0.717, 1.165) is 12.1 Å². The second kappa shape index (κ2) is 7.38. The first-order valence-electron chi connectivity index (χ1n) is 5.75. The van der Waals surface area contributed by atoms with E-state index in [0.29, 0.717) is 0 Å². The molecule has 6 nitrogen and oxygen atoms in total. The molecule has 0 aliphatic heterocycles. The van der Waals surface area contributed by atoms with Gasteiger partial charge >= 0.3 is 18.2 Å². The van der Waals surface area contributed by atoms with Crippen molar-refractivity contribution in [2.45, 2.75) is 6.18 Å². The van der Waals surface area contributed by atoms with Crippen molar-refractivity contribution in [2.75, 3.05) is 13.2 Å². The van der Waals surface area contributed by atoms with E-state index in [4.69, 9.17) is 0 Å². The molecule has 1 aromatic carbocycles. The molecule has 0 heterocycles. The van der Waals surface area contributed by atoms with Gasteiger partial charge in [0.25, 0.3) is 5.91 Å². The smallest absolute Gasteiger partial charge is 0.405 e. The minimum atomic E-state index is -4.63. The Morgan fingerprint density at radius 2 is 1.77 bits per heavy atom. The maximum absolute atomic E-state index is 13.2. The van der Waals surface area contributed by atoms with Crippen LogP contribution < -0.4 is 10.6 Å². The van der Waals surface area contributed by atoms with Crippen LogP contribution in [0.4, 0.5) is 22.4 Å². The van der Waals surface area contributed by atoms with Crippen molar-refractivity contribution < 1.29 is 36.7 Å². The average molecular weight is 322 g/mol. The van der Waals surface area contributed by atoms with Crippen LogP contribution in [0.15, 0.2) is 24.3 Å². The van der Waals surface area contributed by atoms with E-state index in [1.807, 2.05) is 0 Å². The quantitative estimate of drug-likeness (QED) is 0.648. The third-order valence-electron chi connectivity index (χ3n) is 2.13. The van der Waals surface area contributed by atoms with Crippen LogP contribution in [-0.4, -0.2) is 37.2 Å². The summed E-state index contributed by atoms with van der Waals surface area (Å²) in [7, 11) is 0. The van der Waals surface area contributed by atoms with E-state index >= 15 is 0 Å². The number of hydrogen-bond acceptors (Lipinski definition) is 4. The molecule has 0 aliphatic rings. The molecule has 0 aromatic heterocycles. The van der Waals surface area contributed by atoms with E-state index in [1.165, 1.54) is 22.8 Å². The van der Waals surface area contributed by atoms with Crippen molar-refractivity contribution in [3.63, 3.8) is 0 Å². The van der Waals surface area contributed by atoms with Crippen LogP contribution in [0.1, 0.15) is 10.4 Å². The highest BCUT2D eigenvalue weighted by Gasteiger charge is 2.28. The zero-order valence-corrected chi connectivity index (χ0v) is 10.9. The fourth-order valence-electron chi connectivity index (χ4n) is 1.22. The van der Waals surface area contributed by atoms with Gasteiger partial charge in [-0.2, -0.15) is 13.2 Å². The fourth-order valence-corrected chi connectivity index (χ4v) is 1.22. The second-order valence-corrected chi connectivity index (χ2v) is 3.90. The first-order chi connectivity index (χ1) is 10.2. The summed E-state index contributed by atoms with van der Waals surface area (Å²) < 4.78 is 53.0. The lowest BCUT2D eigenvalue weighted by Crippen LogP contribution is -2.44. The SMILES string of the molecule is O=C(COC(=O)c1ccccc1F)NC(=O)NCC(F)(F)F. The number of hydrogen-bond donors (Lipinski definition) is 2. The van der Waals surface area contributed by atoms with Crippen molar-refractivity contribution in [1.29, 1.82) is 0 Å². The molecule has 0 saturated carbocycles. The molecule has 0 spiro atoms. The number of imide groups is 1. The molecule has 22 heavy (non-hydrogen) atoms. The van der Waals surface area contributed by atoms with Gasteiger partial charge in [-0.3, -0.25) is 10.1 Å². The normalized spacial score (nSPS) is 10.7.